The summed E-state index contributed by atoms with van der Waals surface area (Å²) in [6, 6.07) is 15.7. The quantitative estimate of drug-likeness (QED) is 0.210. The number of Topliss-reactive ketones (excluding diaryl/α,β-unsaturated/α-hetero) is 1. The molecule has 6 rings (SSSR count). The first-order valence-electron chi connectivity index (χ1n) is 16.3. The van der Waals surface area contributed by atoms with Gasteiger partial charge in [-0.1, -0.05) is 42.5 Å². The number of nitrogens with one attached hydrogen (secondary N) is 2. The van der Waals surface area contributed by atoms with E-state index >= 15 is 0 Å². The van der Waals surface area contributed by atoms with Crippen LogP contribution in [0.1, 0.15) is 83.6 Å². The lowest BCUT2D eigenvalue weighted by Gasteiger charge is -2.31. The van der Waals surface area contributed by atoms with Crippen molar-refractivity contribution in [2.24, 2.45) is 12.8 Å². The number of aryl methyl sites for hydroxylation is 2. The molecule has 1 saturated carbocycles. The summed E-state index contributed by atoms with van der Waals surface area (Å²) >= 11 is 0. The monoisotopic (exact) mass is 607 g/mol. The van der Waals surface area contributed by atoms with Gasteiger partial charge < -0.3 is 25.8 Å². The van der Waals surface area contributed by atoms with Crippen LogP contribution in [0.4, 0.5) is 11.8 Å². The molecule has 45 heavy (non-hydrogen) atoms. The van der Waals surface area contributed by atoms with Crippen LogP contribution < -0.4 is 21.3 Å². The van der Waals surface area contributed by atoms with Crippen LogP contribution in [-0.4, -0.2) is 52.4 Å². The molecule has 0 radical (unpaired) electrons. The van der Waals surface area contributed by atoms with Gasteiger partial charge in [0.05, 0.1) is 11.6 Å². The smallest absolute Gasteiger partial charge is 0.228 e. The summed E-state index contributed by atoms with van der Waals surface area (Å²) < 4.78 is 2.03. The summed E-state index contributed by atoms with van der Waals surface area (Å²) in [5, 5.41) is 7.94. The lowest BCUT2D eigenvalue weighted by molar-refractivity contribution is -0.123. The molecule has 2 aliphatic rings. The molecule has 0 aliphatic heterocycles. The maximum absolute atomic E-state index is 14.0. The molecule has 1 atom stereocenters. The number of aromatic nitrogens is 3. The van der Waals surface area contributed by atoms with E-state index in [1.807, 2.05) is 80.4 Å². The summed E-state index contributed by atoms with van der Waals surface area (Å²) in [4.78, 5) is 39.4. The highest BCUT2D eigenvalue weighted by Gasteiger charge is 2.31. The summed E-state index contributed by atoms with van der Waals surface area (Å²) in [6.07, 6.45) is 10.0. The molecule has 9 heteroatoms. The second-order valence-corrected chi connectivity index (χ2v) is 12.9. The van der Waals surface area contributed by atoms with Crippen molar-refractivity contribution in [2.45, 2.75) is 82.3 Å². The molecular formula is C36H45N7O2. The standard InChI is InChI=1S/C36H45N7O2/c1-42(2)34-28-9-4-6-10-31(28)40-36(41-34)39-26-18-16-25(17-19-26)38-35(45)29(20-33(44)24-14-12-23(21-37)13-15-24)30-22-43(3)32-11-7-5-8-27(30)32/h5,7-8,11-15,22,25-26,29H,4,6,9-10,16-21,37H2,1-3H3,(H,38,45)(H,39,40,41). The van der Waals surface area contributed by atoms with Gasteiger partial charge in [0.25, 0.3) is 0 Å². The number of ketones is 1. The van der Waals surface area contributed by atoms with Gasteiger partial charge in [0.15, 0.2) is 5.78 Å². The van der Waals surface area contributed by atoms with Gasteiger partial charge in [-0.25, -0.2) is 4.98 Å². The largest absolute Gasteiger partial charge is 0.362 e. The lowest BCUT2D eigenvalue weighted by Crippen LogP contribution is -2.42. The number of nitrogens with zero attached hydrogens (tertiary/aromatic N) is 4. The third kappa shape index (κ3) is 6.73. The highest BCUT2D eigenvalue weighted by atomic mass is 16.2. The van der Waals surface area contributed by atoms with E-state index in [1.165, 1.54) is 24.1 Å². The number of hydrogen-bond donors (Lipinski definition) is 3. The molecule has 236 valence electrons. The van der Waals surface area contributed by atoms with E-state index in [-0.39, 0.29) is 30.2 Å². The Kier molecular flexibility index (Phi) is 9.16. The van der Waals surface area contributed by atoms with Gasteiger partial charge in [-0.3, -0.25) is 9.59 Å². The summed E-state index contributed by atoms with van der Waals surface area (Å²) in [5.41, 5.74) is 11.7. The number of anilines is 2. The molecule has 2 aromatic carbocycles. The van der Waals surface area contributed by atoms with Crippen molar-refractivity contribution >= 4 is 34.4 Å². The fourth-order valence-electron chi connectivity index (χ4n) is 7.00. The molecule has 4 N–H and O–H groups in total. The Morgan fingerprint density at radius 3 is 2.42 bits per heavy atom. The highest BCUT2D eigenvalue weighted by Crippen LogP contribution is 2.33. The first-order valence-corrected chi connectivity index (χ1v) is 16.3. The van der Waals surface area contributed by atoms with Crippen LogP contribution in [0.15, 0.2) is 54.7 Å². The predicted molar refractivity (Wildman–Crippen MR) is 180 cm³/mol. The van der Waals surface area contributed by atoms with E-state index < -0.39 is 5.92 Å². The molecule has 4 aromatic rings. The third-order valence-corrected chi connectivity index (χ3v) is 9.51. The van der Waals surface area contributed by atoms with E-state index in [0.29, 0.717) is 18.1 Å². The van der Waals surface area contributed by atoms with Crippen molar-refractivity contribution in [3.05, 3.63) is 82.7 Å². The Bertz CT molecular complexity index is 1670. The molecule has 0 saturated heterocycles. The number of nitrogens with two attached hydrogens (primary N) is 1. The zero-order chi connectivity index (χ0) is 31.5. The highest BCUT2D eigenvalue weighted by molar-refractivity contribution is 6.02. The average Bonchev–Trinajstić information content (AvgIpc) is 3.39. The normalized spacial score (nSPS) is 18.7. The van der Waals surface area contributed by atoms with E-state index in [2.05, 4.69) is 15.5 Å². The Morgan fingerprint density at radius 1 is 0.978 bits per heavy atom. The van der Waals surface area contributed by atoms with Crippen molar-refractivity contribution in [2.75, 3.05) is 24.3 Å². The van der Waals surface area contributed by atoms with Gasteiger partial charge in [-0.2, -0.15) is 4.98 Å². The zero-order valence-electron chi connectivity index (χ0n) is 26.7. The van der Waals surface area contributed by atoms with Crippen LogP contribution in [0.2, 0.25) is 0 Å². The number of carbonyl (C=O) groups excluding carboxylic acids is 2. The van der Waals surface area contributed by atoms with Crippen molar-refractivity contribution in [1.82, 2.24) is 19.9 Å². The molecular weight excluding hydrogens is 562 g/mol. The lowest BCUT2D eigenvalue weighted by atomic mass is 9.88. The van der Waals surface area contributed by atoms with Gasteiger partial charge in [-0.15, -0.1) is 0 Å². The Balaban J connectivity index is 1.15. The van der Waals surface area contributed by atoms with Crippen LogP contribution in [0.3, 0.4) is 0 Å². The SMILES string of the molecule is CN(C)c1nc(NC2CCC(NC(=O)C(CC(=O)c3ccc(CN)cc3)c3cn(C)c4ccccc34)CC2)nc2c1CCCC2. The van der Waals surface area contributed by atoms with Crippen LogP contribution in [0.25, 0.3) is 10.9 Å². The first kappa shape index (κ1) is 30.8. The third-order valence-electron chi connectivity index (χ3n) is 9.51. The molecule has 0 bridgehead atoms. The summed E-state index contributed by atoms with van der Waals surface area (Å²) in [5.74, 6) is 0.986. The molecule has 1 unspecified atom stereocenters. The van der Waals surface area contributed by atoms with E-state index in [4.69, 9.17) is 15.7 Å². The molecule has 0 spiro atoms. The number of fused-ring (bicyclic) bond motifs is 2. The van der Waals surface area contributed by atoms with Crippen LogP contribution in [0, 0.1) is 0 Å². The molecule has 2 aromatic heterocycles. The van der Waals surface area contributed by atoms with Crippen LogP contribution >= 0.6 is 0 Å². The topological polar surface area (TPSA) is 118 Å². The number of hydrogen-bond acceptors (Lipinski definition) is 7. The maximum atomic E-state index is 14.0. The van der Waals surface area contributed by atoms with Crippen molar-refractivity contribution in [1.29, 1.82) is 0 Å². The van der Waals surface area contributed by atoms with E-state index in [9.17, 15) is 9.59 Å². The van der Waals surface area contributed by atoms with Crippen molar-refractivity contribution < 1.29 is 9.59 Å². The first-order chi connectivity index (χ1) is 21.8. The van der Waals surface area contributed by atoms with Crippen molar-refractivity contribution in [3.63, 3.8) is 0 Å². The Morgan fingerprint density at radius 2 is 1.69 bits per heavy atom. The molecule has 2 aliphatic carbocycles. The minimum Gasteiger partial charge on any atom is -0.362 e. The minimum atomic E-state index is -0.595. The number of amides is 1. The Hall–Kier alpha value is -4.24. The van der Waals surface area contributed by atoms with E-state index in [1.54, 1.807) is 0 Å². The second-order valence-electron chi connectivity index (χ2n) is 12.9. The van der Waals surface area contributed by atoms with Gasteiger partial charge in [0.1, 0.15) is 5.82 Å². The van der Waals surface area contributed by atoms with Gasteiger partial charge in [0, 0.05) is 74.4 Å². The number of benzene rings is 2. The number of para-hydroxylation sites is 1. The summed E-state index contributed by atoms with van der Waals surface area (Å²) in [6.45, 7) is 0.421. The van der Waals surface area contributed by atoms with Crippen molar-refractivity contribution in [3.8, 4) is 0 Å². The zero-order valence-corrected chi connectivity index (χ0v) is 26.7. The maximum Gasteiger partial charge on any atom is 0.228 e. The van der Waals surface area contributed by atoms with Gasteiger partial charge >= 0.3 is 0 Å². The number of carbonyl (C=O) groups is 2. The predicted octanol–water partition coefficient (Wildman–Crippen LogP) is 5.27. The average molecular weight is 608 g/mol. The van der Waals surface area contributed by atoms with E-state index in [0.717, 1.165) is 66.4 Å². The minimum absolute atomic E-state index is 0.0498. The number of rotatable bonds is 10. The molecule has 1 fully saturated rings. The fraction of sp³-hybridized carbons (Fsp3) is 0.444. The fourth-order valence-corrected chi connectivity index (χ4v) is 7.00. The molecule has 1 amide bonds. The van der Waals surface area contributed by atoms with Gasteiger partial charge in [0.2, 0.25) is 11.9 Å². The van der Waals surface area contributed by atoms with Crippen LogP contribution in [-0.2, 0) is 31.2 Å². The molecule has 2 heterocycles. The van der Waals surface area contributed by atoms with Gasteiger partial charge in [-0.05, 0) is 68.6 Å². The van der Waals surface area contributed by atoms with Crippen LogP contribution in [0.5, 0.6) is 0 Å². The summed E-state index contributed by atoms with van der Waals surface area (Å²) in [7, 11) is 6.08. The second kappa shape index (κ2) is 13.4. The Labute approximate surface area is 265 Å². The molecule has 9 nitrogen and oxygen atoms in total.